The summed E-state index contributed by atoms with van der Waals surface area (Å²) in [6.45, 7) is 3.22. The van der Waals surface area contributed by atoms with Crippen molar-refractivity contribution in [2.24, 2.45) is 0 Å². The zero-order valence-electron chi connectivity index (χ0n) is 18.3. The van der Waals surface area contributed by atoms with Crippen LogP contribution < -0.4 is 10.2 Å². The Balaban J connectivity index is 1.16. The highest BCUT2D eigenvalue weighted by Gasteiger charge is 2.40. The van der Waals surface area contributed by atoms with Crippen LogP contribution in [0.25, 0.3) is 10.3 Å². The molecule has 0 bridgehead atoms. The standard InChI is InChI=1S/C23H25ClN6O2S/c1-28(16-7-5-15(24)6-8-16)19-10-9-17-22(26-19)33-23(25-17)27-21(32)18-14-30(18)13-3-12-29-11-2-4-20(29)31/h5-10,18H,2-4,11-14H2,1H3,(H,25,27,32). The molecule has 2 unspecified atom stereocenters. The number of nitrogens with zero attached hydrogens (tertiary/aromatic N) is 5. The van der Waals surface area contributed by atoms with E-state index >= 15 is 0 Å². The number of halogens is 1. The molecule has 2 atom stereocenters. The summed E-state index contributed by atoms with van der Waals surface area (Å²) < 4.78 is 0. The van der Waals surface area contributed by atoms with Gasteiger partial charge in [0, 0.05) is 50.4 Å². The number of anilines is 3. The number of rotatable bonds is 8. The fraction of sp³-hybridized carbons (Fsp3) is 0.391. The molecule has 172 valence electrons. The number of hydrogen-bond acceptors (Lipinski definition) is 7. The van der Waals surface area contributed by atoms with Crippen LogP contribution in [0.1, 0.15) is 19.3 Å². The number of benzene rings is 1. The molecule has 1 N–H and O–H groups in total. The van der Waals surface area contributed by atoms with Crippen molar-refractivity contribution in [1.29, 1.82) is 0 Å². The molecule has 3 aromatic rings. The van der Waals surface area contributed by atoms with E-state index in [-0.39, 0.29) is 17.9 Å². The molecule has 2 amide bonds. The van der Waals surface area contributed by atoms with Crippen LogP contribution in [0.15, 0.2) is 36.4 Å². The summed E-state index contributed by atoms with van der Waals surface area (Å²) in [5, 5.41) is 4.19. The number of aromatic nitrogens is 2. The predicted molar refractivity (Wildman–Crippen MR) is 131 cm³/mol. The van der Waals surface area contributed by atoms with Crippen molar-refractivity contribution in [1.82, 2.24) is 19.8 Å². The summed E-state index contributed by atoms with van der Waals surface area (Å²) in [5.74, 6) is 1.00. The van der Waals surface area contributed by atoms with Gasteiger partial charge in [0.25, 0.3) is 0 Å². The van der Waals surface area contributed by atoms with Gasteiger partial charge in [-0.2, -0.15) is 0 Å². The van der Waals surface area contributed by atoms with Gasteiger partial charge in [-0.25, -0.2) is 9.97 Å². The minimum atomic E-state index is -0.120. The number of hydrogen-bond donors (Lipinski definition) is 1. The molecule has 0 spiro atoms. The Kier molecular flexibility index (Phi) is 6.18. The van der Waals surface area contributed by atoms with Crippen molar-refractivity contribution in [3.05, 3.63) is 41.4 Å². The predicted octanol–water partition coefficient (Wildman–Crippen LogP) is 3.75. The van der Waals surface area contributed by atoms with Crippen molar-refractivity contribution in [3.8, 4) is 0 Å². The number of carbonyl (C=O) groups excluding carboxylic acids is 2. The second kappa shape index (κ2) is 9.24. The van der Waals surface area contributed by atoms with Crippen molar-refractivity contribution >= 4 is 61.7 Å². The third-order valence-corrected chi connectivity index (χ3v) is 7.22. The van der Waals surface area contributed by atoms with E-state index in [0.717, 1.165) is 60.9 Å². The van der Waals surface area contributed by atoms with Gasteiger partial charge in [-0.3, -0.25) is 14.5 Å². The average Bonchev–Trinajstić information content (AvgIpc) is 3.30. The summed E-state index contributed by atoms with van der Waals surface area (Å²) in [5.41, 5.74) is 1.73. The number of likely N-dealkylation sites (tertiary alicyclic amines) is 1. The highest BCUT2D eigenvalue weighted by atomic mass is 35.5. The average molecular weight is 485 g/mol. The zero-order chi connectivity index (χ0) is 22.9. The van der Waals surface area contributed by atoms with E-state index in [1.807, 2.05) is 53.2 Å². The van der Waals surface area contributed by atoms with Gasteiger partial charge in [0.05, 0.1) is 0 Å². The summed E-state index contributed by atoms with van der Waals surface area (Å²) in [7, 11) is 1.95. The third-order valence-electron chi connectivity index (χ3n) is 6.09. The molecule has 2 fully saturated rings. The first-order valence-electron chi connectivity index (χ1n) is 11.1. The SMILES string of the molecule is CN(c1ccc(Cl)cc1)c1ccc2nc(NC(=O)C3CN3CCCN3CCCC3=O)sc2n1. The maximum Gasteiger partial charge on any atom is 0.244 e. The van der Waals surface area contributed by atoms with Gasteiger partial charge in [-0.15, -0.1) is 0 Å². The molecule has 2 aromatic heterocycles. The summed E-state index contributed by atoms with van der Waals surface area (Å²) in [6.07, 6.45) is 2.53. The maximum atomic E-state index is 12.6. The van der Waals surface area contributed by atoms with E-state index in [9.17, 15) is 9.59 Å². The quantitative estimate of drug-likeness (QED) is 0.490. The zero-order valence-corrected chi connectivity index (χ0v) is 19.9. The highest BCUT2D eigenvalue weighted by molar-refractivity contribution is 7.22. The van der Waals surface area contributed by atoms with Gasteiger partial charge in [0.1, 0.15) is 22.2 Å². The smallest absolute Gasteiger partial charge is 0.244 e. The molecule has 10 heteroatoms. The Morgan fingerprint density at radius 2 is 2.03 bits per heavy atom. The molecule has 0 saturated carbocycles. The van der Waals surface area contributed by atoms with Gasteiger partial charge in [0.15, 0.2) is 5.13 Å². The van der Waals surface area contributed by atoms with E-state index in [1.165, 1.54) is 11.3 Å². The molecule has 8 nitrogen and oxygen atoms in total. The fourth-order valence-electron chi connectivity index (χ4n) is 4.11. The first kappa shape index (κ1) is 22.1. The lowest BCUT2D eigenvalue weighted by Gasteiger charge is -2.18. The van der Waals surface area contributed by atoms with Crippen LogP contribution in [0.3, 0.4) is 0 Å². The van der Waals surface area contributed by atoms with E-state index in [2.05, 4.69) is 15.2 Å². The Bertz CT molecular complexity index is 1180. The minimum absolute atomic E-state index is 0.0372. The second-order valence-electron chi connectivity index (χ2n) is 8.39. The maximum absolute atomic E-state index is 12.6. The van der Waals surface area contributed by atoms with Crippen LogP contribution in [-0.4, -0.2) is 70.9 Å². The van der Waals surface area contributed by atoms with Crippen LogP contribution in [0.2, 0.25) is 5.02 Å². The van der Waals surface area contributed by atoms with Crippen LogP contribution in [0.5, 0.6) is 0 Å². The lowest BCUT2D eigenvalue weighted by molar-refractivity contribution is -0.127. The van der Waals surface area contributed by atoms with Crippen LogP contribution in [0, 0.1) is 0 Å². The van der Waals surface area contributed by atoms with E-state index in [1.54, 1.807) is 0 Å². The number of pyridine rings is 1. The molecule has 1 aromatic carbocycles. The summed E-state index contributed by atoms with van der Waals surface area (Å²) >= 11 is 7.36. The molecular weight excluding hydrogens is 460 g/mol. The fourth-order valence-corrected chi connectivity index (χ4v) is 5.07. The number of thiazole rings is 1. The normalized spacial score (nSPS) is 19.8. The molecule has 2 aliphatic rings. The lowest BCUT2D eigenvalue weighted by atomic mass is 10.3. The number of amides is 2. The van der Waals surface area contributed by atoms with Crippen LogP contribution in [-0.2, 0) is 9.59 Å². The summed E-state index contributed by atoms with van der Waals surface area (Å²) in [6, 6.07) is 11.3. The van der Waals surface area contributed by atoms with Crippen molar-refractivity contribution in [3.63, 3.8) is 0 Å². The Morgan fingerprint density at radius 1 is 1.21 bits per heavy atom. The molecular formula is C23H25ClN6O2S. The van der Waals surface area contributed by atoms with Crippen molar-refractivity contribution in [2.75, 3.05) is 43.4 Å². The Hall–Kier alpha value is -2.75. The van der Waals surface area contributed by atoms with E-state index in [0.29, 0.717) is 16.6 Å². The van der Waals surface area contributed by atoms with E-state index in [4.69, 9.17) is 16.6 Å². The number of fused-ring (bicyclic) bond motifs is 1. The molecule has 2 aliphatic heterocycles. The van der Waals surface area contributed by atoms with Gasteiger partial charge < -0.3 is 15.1 Å². The third kappa shape index (κ3) is 4.95. The summed E-state index contributed by atoms with van der Waals surface area (Å²) in [4.78, 5) is 40.4. The Labute approximate surface area is 201 Å². The number of nitrogens with one attached hydrogen (secondary N) is 1. The first-order valence-corrected chi connectivity index (χ1v) is 12.3. The largest absolute Gasteiger partial charge is 0.343 e. The van der Waals surface area contributed by atoms with Crippen LogP contribution >= 0.6 is 22.9 Å². The molecule has 5 rings (SSSR count). The van der Waals surface area contributed by atoms with Gasteiger partial charge >= 0.3 is 0 Å². The van der Waals surface area contributed by atoms with Crippen molar-refractivity contribution < 1.29 is 9.59 Å². The van der Waals surface area contributed by atoms with Gasteiger partial charge in [-0.05, 0) is 49.2 Å². The topological polar surface area (TPSA) is 81.4 Å². The molecule has 0 aliphatic carbocycles. The first-order chi connectivity index (χ1) is 16.0. The lowest BCUT2D eigenvalue weighted by Crippen LogP contribution is -2.28. The van der Waals surface area contributed by atoms with E-state index < -0.39 is 0 Å². The molecule has 0 radical (unpaired) electrons. The van der Waals surface area contributed by atoms with Crippen LogP contribution in [0.4, 0.5) is 16.6 Å². The van der Waals surface area contributed by atoms with Crippen molar-refractivity contribution in [2.45, 2.75) is 25.3 Å². The number of carbonyl (C=O) groups is 2. The van der Waals surface area contributed by atoms with Gasteiger partial charge in [0.2, 0.25) is 11.8 Å². The second-order valence-corrected chi connectivity index (χ2v) is 9.80. The minimum Gasteiger partial charge on any atom is -0.343 e. The monoisotopic (exact) mass is 484 g/mol. The molecule has 33 heavy (non-hydrogen) atoms. The highest BCUT2D eigenvalue weighted by Crippen LogP contribution is 2.30. The molecule has 4 heterocycles. The molecule has 2 saturated heterocycles. The van der Waals surface area contributed by atoms with Gasteiger partial charge in [-0.1, -0.05) is 22.9 Å². The Morgan fingerprint density at radius 3 is 2.79 bits per heavy atom.